The van der Waals surface area contributed by atoms with Crippen LogP contribution in [0.1, 0.15) is 98.0 Å². The van der Waals surface area contributed by atoms with Crippen LogP contribution in [0.2, 0.25) is 0 Å². The number of aliphatic hydroxyl groups excluding tert-OH is 4. The van der Waals surface area contributed by atoms with Crippen LogP contribution in [-0.4, -0.2) is 136 Å². The summed E-state index contributed by atoms with van der Waals surface area (Å²) in [6.45, 7) is 25.1. The summed E-state index contributed by atoms with van der Waals surface area (Å²) < 4.78 is 21.5. The Morgan fingerprint density at radius 3 is 0.698 bits per heavy atom. The van der Waals surface area contributed by atoms with Crippen LogP contribution in [0.5, 0.6) is 23.0 Å². The molecular formula is C80H108Cl8N8O10. The molecule has 26 heteroatoms. The normalized spacial score (nSPS) is 27.4. The van der Waals surface area contributed by atoms with Crippen LogP contribution >= 0.6 is 0 Å². The van der Waals surface area contributed by atoms with Crippen molar-refractivity contribution in [3.05, 3.63) is 195 Å². The number of aliphatic hydroxyl groups is 4. The van der Waals surface area contributed by atoms with Gasteiger partial charge in [-0.3, -0.25) is 0 Å². The van der Waals surface area contributed by atoms with Gasteiger partial charge in [-0.2, -0.15) is 0 Å². The fourth-order valence-electron chi connectivity index (χ4n) is 18.8. The van der Waals surface area contributed by atoms with Crippen molar-refractivity contribution >= 4 is 43.6 Å². The average Bonchev–Trinajstić information content (AvgIpc) is 0.783. The second kappa shape index (κ2) is 42.7. The van der Waals surface area contributed by atoms with Crippen molar-refractivity contribution < 1.29 is 189 Å². The Morgan fingerprint density at radius 1 is 0.340 bits per heavy atom. The van der Waals surface area contributed by atoms with Crippen molar-refractivity contribution in [1.82, 2.24) is 0 Å². The van der Waals surface area contributed by atoms with Gasteiger partial charge in [0, 0.05) is 146 Å². The van der Waals surface area contributed by atoms with Gasteiger partial charge in [0.25, 0.3) is 0 Å². The van der Waals surface area contributed by atoms with Crippen LogP contribution in [0.4, 0.5) is 0 Å². The molecule has 4 aromatic carbocycles. The lowest BCUT2D eigenvalue weighted by Gasteiger charge is -2.47. The van der Waals surface area contributed by atoms with Crippen molar-refractivity contribution in [2.75, 3.05) is 80.8 Å². The fourth-order valence-corrected chi connectivity index (χ4v) is 18.8. The molecule has 8 bridgehead atoms. The number of benzene rings is 4. The quantitative estimate of drug-likeness (QED) is 0.0431. The highest BCUT2D eigenvalue weighted by molar-refractivity contribution is 5.84. The number of fused-ring (bicyclic) bond motifs is 16. The van der Waals surface area contributed by atoms with E-state index in [1.165, 1.54) is 45.3 Å². The summed E-state index contributed by atoms with van der Waals surface area (Å²) in [5.74, 6) is 8.42. The second-order valence-electron chi connectivity index (χ2n) is 28.8. The number of aromatic amines is 4. The average molecular weight is 1630 g/mol. The molecule has 0 aliphatic carbocycles. The minimum Gasteiger partial charge on any atom is -1.00 e. The topological polar surface area (TPSA) is 255 Å². The Labute approximate surface area is 673 Å². The fraction of sp³-hybridized carbons (Fsp3) is 0.450. The van der Waals surface area contributed by atoms with Gasteiger partial charge in [-0.25, -0.2) is 19.9 Å². The molecule has 584 valence electrons. The number of hydrogen-bond donors (Lipinski definition) is 8. The van der Waals surface area contributed by atoms with E-state index in [4.69, 9.17) is 18.9 Å². The summed E-state index contributed by atoms with van der Waals surface area (Å²) >= 11 is 0. The summed E-state index contributed by atoms with van der Waals surface area (Å²) in [6.07, 6.45) is 23.7. The molecule has 12 fully saturated rings. The van der Waals surface area contributed by atoms with E-state index in [-0.39, 0.29) is 134 Å². The molecular weight excluding hydrogens is 1520 g/mol. The minimum atomic E-state index is -0.447. The van der Waals surface area contributed by atoms with Crippen LogP contribution in [0.3, 0.4) is 0 Å². The minimum absolute atomic E-state index is 0. The van der Waals surface area contributed by atoms with Gasteiger partial charge in [0.15, 0.2) is 24.8 Å². The summed E-state index contributed by atoms with van der Waals surface area (Å²) in [4.78, 5) is 19.2. The highest BCUT2D eigenvalue weighted by atomic mass is 35.5. The van der Waals surface area contributed by atoms with Gasteiger partial charge in [-0.05, 0) is 72.2 Å². The molecule has 12 aliphatic rings. The Hall–Kier alpha value is -5.40. The molecule has 0 radical (unpaired) electrons. The Bertz CT molecular complexity index is 3610. The SMILES string of the molecule is C=C[C@H]1C[NH+]2CC[C@H]1C[C@H]2[C@H](O)c1cc[nH+]c2ccc(OC)cc12.C=C[C@H]1C[NH+]2CC[C@H]1C[C@H]2[C@H](O)c1cc[nH+]c2ccc(OC)cc12.C=C[C@H]1C[NH+]2CC[C@H]1C[C@H]2[C@H](O)c1cc[nH+]c2ccc(OC)cc12.C=C[C@H]1C[NH+]2CC[C@H]1C[C@H]2[C@H](O)c1cc[nH+]c2ccc(OC)cc12.O.O.[Cl-].[Cl-].[Cl-].[Cl-].[Cl-].[Cl-].[Cl-].[Cl-]. The Balaban J connectivity index is 0.000000356. The highest BCUT2D eigenvalue weighted by Crippen LogP contribution is 2.40. The molecule has 20 atom stereocenters. The molecule has 16 N–H and O–H groups in total. The van der Waals surface area contributed by atoms with Crippen molar-refractivity contribution in [1.29, 1.82) is 0 Å². The molecule has 0 amide bonds. The number of nitrogens with one attached hydrogen (secondary N) is 8. The third-order valence-corrected chi connectivity index (χ3v) is 24.3. The first kappa shape index (κ1) is 94.8. The lowest BCUT2D eigenvalue weighted by molar-refractivity contribution is -0.949. The van der Waals surface area contributed by atoms with E-state index in [0.717, 1.165) is 167 Å². The standard InChI is InChI=1S/4C20H24N2O2.8ClH.2H2O/c4*1-3-13-12-22-9-7-14(13)10-19(22)20(23)16-6-8-21-18-5-4-15(24-2)11-17(16)18;;;;;;;;;;/h4*3-6,8,11,13-14,19-20,23H,1,7,9-10,12H2,2H3;8*1H;2*1H2/t4*13-,14-,19-,20+;;;;;;;;;;/m0000........../s1. The molecule has 106 heavy (non-hydrogen) atoms. The van der Waals surface area contributed by atoms with Gasteiger partial charge in [0.2, 0.25) is 22.1 Å². The van der Waals surface area contributed by atoms with Gasteiger partial charge in [-0.1, -0.05) is 24.3 Å². The molecule has 12 saturated heterocycles. The number of aromatic nitrogens is 4. The number of piperidine rings is 12. The first-order valence-electron chi connectivity index (χ1n) is 35.4. The largest absolute Gasteiger partial charge is 1.00 e. The second-order valence-corrected chi connectivity index (χ2v) is 28.8. The molecule has 4 aromatic heterocycles. The number of hydrogen-bond acceptors (Lipinski definition) is 8. The highest BCUT2D eigenvalue weighted by Gasteiger charge is 2.50. The number of pyridine rings is 4. The van der Waals surface area contributed by atoms with Crippen LogP contribution in [0.15, 0.2) is 172 Å². The molecule has 12 aliphatic heterocycles. The van der Waals surface area contributed by atoms with Gasteiger partial charge >= 0.3 is 0 Å². The van der Waals surface area contributed by atoms with E-state index < -0.39 is 24.4 Å². The third-order valence-electron chi connectivity index (χ3n) is 24.3. The molecule has 20 rings (SSSR count). The molecule has 18 nitrogen and oxygen atoms in total. The number of ether oxygens (including phenoxy) is 4. The Morgan fingerprint density at radius 2 is 0.538 bits per heavy atom. The zero-order valence-corrected chi connectivity index (χ0v) is 66.7. The van der Waals surface area contributed by atoms with Gasteiger partial charge in [0.1, 0.15) is 71.6 Å². The first-order valence-corrected chi connectivity index (χ1v) is 35.4. The third kappa shape index (κ3) is 19.7. The zero-order chi connectivity index (χ0) is 66.7. The van der Waals surface area contributed by atoms with Crippen molar-refractivity contribution in [2.45, 2.75) is 99.9 Å². The van der Waals surface area contributed by atoms with E-state index in [1.54, 1.807) is 28.4 Å². The summed E-state index contributed by atoms with van der Waals surface area (Å²) in [5, 5.41) is 48.9. The summed E-state index contributed by atoms with van der Waals surface area (Å²) in [7, 11) is 6.70. The lowest BCUT2D eigenvalue weighted by Crippen LogP contribution is -3.20. The maximum atomic E-state index is 11.2. The predicted octanol–water partition coefficient (Wildman–Crippen LogP) is -20.9. The molecule has 16 heterocycles. The number of quaternary nitrogens is 4. The first-order chi connectivity index (χ1) is 46.8. The summed E-state index contributed by atoms with van der Waals surface area (Å²) in [6, 6.07) is 33.1. The van der Waals surface area contributed by atoms with Crippen LogP contribution < -0.4 is 158 Å². The van der Waals surface area contributed by atoms with E-state index in [0.29, 0.717) is 47.3 Å². The smallest absolute Gasteiger partial charge is 0.211 e. The number of methoxy groups -OCH3 is 4. The number of halogens is 8. The maximum Gasteiger partial charge on any atom is 0.211 e. The Kier molecular flexibility index (Phi) is 38.2. The predicted molar refractivity (Wildman–Crippen MR) is 379 cm³/mol. The van der Waals surface area contributed by atoms with E-state index in [9.17, 15) is 20.4 Å². The van der Waals surface area contributed by atoms with Crippen molar-refractivity contribution in [3.63, 3.8) is 0 Å². The summed E-state index contributed by atoms with van der Waals surface area (Å²) in [5.41, 5.74) is 8.13. The zero-order valence-electron chi connectivity index (χ0n) is 60.7. The van der Waals surface area contributed by atoms with Gasteiger partial charge in [-0.15, -0.1) is 26.3 Å². The van der Waals surface area contributed by atoms with E-state index in [2.05, 4.69) is 70.6 Å². The lowest BCUT2D eigenvalue weighted by atomic mass is 9.73. The van der Waals surface area contributed by atoms with E-state index in [1.807, 2.05) is 122 Å². The molecule has 0 saturated carbocycles. The van der Waals surface area contributed by atoms with Crippen molar-refractivity contribution in [2.24, 2.45) is 47.3 Å². The van der Waals surface area contributed by atoms with Crippen molar-refractivity contribution in [3.8, 4) is 23.0 Å². The molecule has 4 unspecified atom stereocenters. The van der Waals surface area contributed by atoms with Crippen LogP contribution in [0.25, 0.3) is 43.6 Å². The van der Waals surface area contributed by atoms with E-state index >= 15 is 0 Å². The van der Waals surface area contributed by atoms with Crippen LogP contribution in [-0.2, 0) is 0 Å². The van der Waals surface area contributed by atoms with Gasteiger partial charge < -0.3 is 169 Å². The monoisotopic (exact) mass is 1620 g/mol. The molecule has 0 spiro atoms. The molecule has 8 aromatic rings. The van der Waals surface area contributed by atoms with Gasteiger partial charge in [0.05, 0.1) is 102 Å². The number of H-pyrrole nitrogens is 4. The maximum absolute atomic E-state index is 11.2. The van der Waals surface area contributed by atoms with Crippen LogP contribution in [0, 0.1) is 47.3 Å². The number of rotatable bonds is 16.